The van der Waals surface area contributed by atoms with Crippen LogP contribution >= 0.6 is 12.2 Å². The molecular formula is C14H24N2OS. The van der Waals surface area contributed by atoms with E-state index in [1.165, 1.54) is 25.7 Å². The van der Waals surface area contributed by atoms with E-state index in [1.54, 1.807) is 0 Å². The van der Waals surface area contributed by atoms with Gasteiger partial charge in [-0.1, -0.05) is 37.9 Å². The molecule has 18 heavy (non-hydrogen) atoms. The minimum Gasteiger partial charge on any atom is -0.393 e. The number of hydrogen-bond acceptors (Lipinski definition) is 2. The van der Waals surface area contributed by atoms with Crippen molar-refractivity contribution in [3.8, 4) is 0 Å². The highest BCUT2D eigenvalue weighted by molar-refractivity contribution is 7.80. The van der Waals surface area contributed by atoms with Gasteiger partial charge in [-0.05, 0) is 25.2 Å². The average Bonchev–Trinajstić information content (AvgIpc) is 3.03. The quantitative estimate of drug-likeness (QED) is 0.722. The first kappa shape index (κ1) is 13.8. The van der Waals surface area contributed by atoms with Gasteiger partial charge in [0.05, 0.1) is 4.99 Å². The Morgan fingerprint density at radius 1 is 1.17 bits per heavy atom. The minimum absolute atomic E-state index is 0.320. The van der Waals surface area contributed by atoms with Gasteiger partial charge in [0.25, 0.3) is 0 Å². The fourth-order valence-corrected chi connectivity index (χ4v) is 2.99. The van der Waals surface area contributed by atoms with Crippen molar-refractivity contribution in [2.75, 3.05) is 6.54 Å². The smallest absolute Gasteiger partial charge is 0.222 e. The predicted octanol–water partition coefficient (Wildman–Crippen LogP) is 2.62. The molecule has 0 unspecified atom stereocenters. The van der Waals surface area contributed by atoms with E-state index in [0.29, 0.717) is 23.4 Å². The van der Waals surface area contributed by atoms with Crippen LogP contribution in [0.5, 0.6) is 0 Å². The molecular weight excluding hydrogens is 244 g/mol. The molecule has 0 atom stereocenters. The summed E-state index contributed by atoms with van der Waals surface area (Å²) in [6.07, 6.45) is 10.1. The highest BCUT2D eigenvalue weighted by Crippen LogP contribution is 2.31. The van der Waals surface area contributed by atoms with Gasteiger partial charge in [0, 0.05) is 25.4 Å². The lowest BCUT2D eigenvalue weighted by Gasteiger charge is -2.23. The van der Waals surface area contributed by atoms with Crippen LogP contribution in [0.25, 0.3) is 0 Å². The summed E-state index contributed by atoms with van der Waals surface area (Å²) in [6, 6.07) is 0.482. The lowest BCUT2D eigenvalue weighted by molar-refractivity contribution is -0.132. The van der Waals surface area contributed by atoms with Crippen LogP contribution in [-0.2, 0) is 4.79 Å². The maximum Gasteiger partial charge on any atom is 0.222 e. The summed E-state index contributed by atoms with van der Waals surface area (Å²) in [5.74, 6) is 1.12. The third-order valence-corrected chi connectivity index (χ3v) is 4.35. The Labute approximate surface area is 115 Å². The van der Waals surface area contributed by atoms with Gasteiger partial charge in [-0.2, -0.15) is 0 Å². The van der Waals surface area contributed by atoms with Crippen molar-refractivity contribution in [3.05, 3.63) is 0 Å². The van der Waals surface area contributed by atoms with Gasteiger partial charge in [-0.15, -0.1) is 0 Å². The average molecular weight is 268 g/mol. The molecule has 2 fully saturated rings. The van der Waals surface area contributed by atoms with Crippen molar-refractivity contribution in [2.24, 2.45) is 11.7 Å². The second kappa shape index (κ2) is 6.50. The second-order valence-corrected chi connectivity index (χ2v) is 6.25. The van der Waals surface area contributed by atoms with E-state index in [0.717, 1.165) is 38.1 Å². The van der Waals surface area contributed by atoms with Crippen LogP contribution in [0.15, 0.2) is 0 Å². The molecule has 0 radical (unpaired) electrons. The zero-order valence-corrected chi connectivity index (χ0v) is 11.9. The molecule has 2 saturated carbocycles. The predicted molar refractivity (Wildman–Crippen MR) is 77.3 cm³/mol. The summed E-state index contributed by atoms with van der Waals surface area (Å²) in [6.45, 7) is 0.726. The van der Waals surface area contributed by atoms with Crippen LogP contribution < -0.4 is 5.73 Å². The van der Waals surface area contributed by atoms with E-state index < -0.39 is 0 Å². The number of carbonyl (C=O) groups excluding carboxylic acids is 1. The Kier molecular flexibility index (Phi) is 4.98. The fraction of sp³-hybridized carbons (Fsp3) is 0.857. The lowest BCUT2D eigenvalue weighted by atomic mass is 10.0. The molecule has 2 aliphatic rings. The van der Waals surface area contributed by atoms with Crippen molar-refractivity contribution in [1.82, 2.24) is 4.90 Å². The van der Waals surface area contributed by atoms with Gasteiger partial charge in [0.1, 0.15) is 0 Å². The van der Waals surface area contributed by atoms with Crippen LogP contribution in [-0.4, -0.2) is 28.4 Å². The Bertz CT molecular complexity index is 309. The Morgan fingerprint density at radius 3 is 2.39 bits per heavy atom. The first-order valence-corrected chi connectivity index (χ1v) is 7.65. The van der Waals surface area contributed by atoms with Gasteiger partial charge in [0.15, 0.2) is 0 Å². The van der Waals surface area contributed by atoms with E-state index in [4.69, 9.17) is 18.0 Å². The van der Waals surface area contributed by atoms with Crippen LogP contribution in [0.2, 0.25) is 0 Å². The van der Waals surface area contributed by atoms with Crippen molar-refractivity contribution < 1.29 is 4.79 Å². The van der Waals surface area contributed by atoms with Gasteiger partial charge < -0.3 is 10.6 Å². The molecule has 0 aromatic rings. The molecule has 0 bridgehead atoms. The van der Waals surface area contributed by atoms with Crippen molar-refractivity contribution in [3.63, 3.8) is 0 Å². The van der Waals surface area contributed by atoms with Gasteiger partial charge in [-0.25, -0.2) is 0 Å². The summed E-state index contributed by atoms with van der Waals surface area (Å²) in [5, 5.41) is 0. The number of carbonyl (C=O) groups is 1. The summed E-state index contributed by atoms with van der Waals surface area (Å²) < 4.78 is 0. The standard InChI is InChI=1S/C14H24N2OS/c15-13(18)9-10-16(12-6-7-12)14(17)8-5-11-3-1-2-4-11/h11-12H,1-10H2,(H2,15,18). The normalized spacial score (nSPS) is 20.0. The minimum atomic E-state index is 0.320. The topological polar surface area (TPSA) is 46.3 Å². The highest BCUT2D eigenvalue weighted by Gasteiger charge is 2.32. The van der Waals surface area contributed by atoms with E-state index >= 15 is 0 Å². The molecule has 2 rings (SSSR count). The molecule has 3 nitrogen and oxygen atoms in total. The zero-order valence-electron chi connectivity index (χ0n) is 11.1. The van der Waals surface area contributed by atoms with Crippen molar-refractivity contribution in [1.29, 1.82) is 0 Å². The molecule has 102 valence electrons. The van der Waals surface area contributed by atoms with E-state index in [-0.39, 0.29) is 0 Å². The van der Waals surface area contributed by atoms with Crippen LogP contribution in [0.3, 0.4) is 0 Å². The number of thiocarbonyl (C=S) groups is 1. The van der Waals surface area contributed by atoms with Gasteiger partial charge >= 0.3 is 0 Å². The Morgan fingerprint density at radius 2 is 1.83 bits per heavy atom. The summed E-state index contributed by atoms with van der Waals surface area (Å²) in [4.78, 5) is 14.8. The molecule has 4 heteroatoms. The number of amides is 1. The largest absolute Gasteiger partial charge is 0.393 e. The molecule has 0 aromatic carbocycles. The fourth-order valence-electron chi connectivity index (χ4n) is 2.90. The van der Waals surface area contributed by atoms with E-state index in [1.807, 2.05) is 4.90 Å². The van der Waals surface area contributed by atoms with Crippen molar-refractivity contribution in [2.45, 2.75) is 63.8 Å². The molecule has 0 aromatic heterocycles. The van der Waals surface area contributed by atoms with Crippen LogP contribution in [0.4, 0.5) is 0 Å². The van der Waals surface area contributed by atoms with E-state index in [2.05, 4.69) is 0 Å². The molecule has 0 saturated heterocycles. The van der Waals surface area contributed by atoms with Crippen LogP contribution in [0.1, 0.15) is 57.8 Å². The number of nitrogens with zero attached hydrogens (tertiary/aromatic N) is 1. The summed E-state index contributed by atoms with van der Waals surface area (Å²) in [5.41, 5.74) is 5.53. The first-order valence-electron chi connectivity index (χ1n) is 7.24. The third-order valence-electron chi connectivity index (χ3n) is 4.15. The molecule has 0 spiro atoms. The number of rotatable bonds is 7. The highest BCUT2D eigenvalue weighted by atomic mass is 32.1. The second-order valence-electron chi connectivity index (χ2n) is 5.72. The zero-order chi connectivity index (χ0) is 13.0. The van der Waals surface area contributed by atoms with E-state index in [9.17, 15) is 4.79 Å². The molecule has 2 aliphatic carbocycles. The molecule has 2 N–H and O–H groups in total. The van der Waals surface area contributed by atoms with Gasteiger partial charge in [-0.3, -0.25) is 4.79 Å². The number of nitrogens with two attached hydrogens (primary N) is 1. The third kappa shape index (κ3) is 4.23. The molecule has 0 aliphatic heterocycles. The lowest BCUT2D eigenvalue weighted by Crippen LogP contribution is -2.35. The van der Waals surface area contributed by atoms with Crippen molar-refractivity contribution >= 4 is 23.1 Å². The summed E-state index contributed by atoms with van der Waals surface area (Å²) in [7, 11) is 0. The monoisotopic (exact) mass is 268 g/mol. The Balaban J connectivity index is 1.74. The maximum absolute atomic E-state index is 12.2. The Hall–Kier alpha value is -0.640. The molecule has 1 amide bonds. The summed E-state index contributed by atoms with van der Waals surface area (Å²) >= 11 is 4.90. The SMILES string of the molecule is NC(=S)CCN(C(=O)CCC1CCCC1)C1CC1. The maximum atomic E-state index is 12.2. The first-order chi connectivity index (χ1) is 8.66. The molecule has 0 heterocycles. The number of hydrogen-bond donors (Lipinski definition) is 1. The van der Waals surface area contributed by atoms with Crippen LogP contribution in [0, 0.1) is 5.92 Å². The van der Waals surface area contributed by atoms with Gasteiger partial charge in [0.2, 0.25) is 5.91 Å².